The van der Waals surface area contributed by atoms with Crippen molar-refractivity contribution in [3.63, 3.8) is 0 Å². The number of rotatable bonds is 4. The maximum atomic E-state index is 11.7. The van der Waals surface area contributed by atoms with Crippen LogP contribution in [0.25, 0.3) is 11.2 Å². The van der Waals surface area contributed by atoms with E-state index < -0.39 is 0 Å². The SMILES string of the molecule is CCOC(=O)C1CC1(Br)Cc1ncc2[nH]cnc2n1. The molecule has 3 rings (SSSR count). The number of imidazole rings is 1. The molecule has 1 aliphatic carbocycles. The number of H-pyrrole nitrogens is 1. The Morgan fingerprint density at radius 3 is 3.26 bits per heavy atom. The van der Waals surface area contributed by atoms with Gasteiger partial charge in [-0.1, -0.05) is 15.9 Å². The van der Waals surface area contributed by atoms with Crippen LogP contribution >= 0.6 is 15.9 Å². The summed E-state index contributed by atoms with van der Waals surface area (Å²) >= 11 is 3.61. The number of nitrogens with zero attached hydrogens (tertiary/aromatic N) is 3. The molecule has 0 saturated heterocycles. The lowest BCUT2D eigenvalue weighted by Gasteiger charge is -2.07. The largest absolute Gasteiger partial charge is 0.466 e. The first-order valence-corrected chi connectivity index (χ1v) is 6.92. The molecule has 2 atom stereocenters. The fourth-order valence-electron chi connectivity index (χ4n) is 2.13. The molecular weight excluding hydrogens is 312 g/mol. The molecule has 1 N–H and O–H groups in total. The molecule has 0 amide bonds. The highest BCUT2D eigenvalue weighted by molar-refractivity contribution is 9.10. The third-order valence-corrected chi connectivity index (χ3v) is 4.41. The molecule has 0 aliphatic heterocycles. The summed E-state index contributed by atoms with van der Waals surface area (Å²) in [6.07, 6.45) is 4.65. The Morgan fingerprint density at radius 1 is 1.63 bits per heavy atom. The Hall–Kier alpha value is -1.50. The number of fused-ring (bicyclic) bond motifs is 1. The Kier molecular flexibility index (Phi) is 3.00. The molecule has 2 aromatic rings. The molecule has 0 radical (unpaired) electrons. The third-order valence-electron chi connectivity index (χ3n) is 3.26. The van der Waals surface area contributed by atoms with Gasteiger partial charge in [-0.3, -0.25) is 4.79 Å². The van der Waals surface area contributed by atoms with Crippen LogP contribution in [0.1, 0.15) is 19.2 Å². The number of halogens is 1. The minimum absolute atomic E-state index is 0.106. The highest BCUT2D eigenvalue weighted by atomic mass is 79.9. The number of hydrogen-bond acceptors (Lipinski definition) is 5. The van der Waals surface area contributed by atoms with E-state index in [4.69, 9.17) is 4.74 Å². The van der Waals surface area contributed by atoms with Gasteiger partial charge in [-0.15, -0.1) is 0 Å². The van der Waals surface area contributed by atoms with Crippen molar-refractivity contribution in [2.24, 2.45) is 5.92 Å². The molecule has 1 aliphatic rings. The van der Waals surface area contributed by atoms with Crippen LogP contribution in [0.15, 0.2) is 12.5 Å². The lowest BCUT2D eigenvalue weighted by molar-refractivity contribution is -0.144. The number of ether oxygens (including phenoxy) is 1. The van der Waals surface area contributed by atoms with Crippen molar-refractivity contribution < 1.29 is 9.53 Å². The molecule has 2 unspecified atom stereocenters. The van der Waals surface area contributed by atoms with Crippen LogP contribution in [0.3, 0.4) is 0 Å². The monoisotopic (exact) mass is 324 g/mol. The van der Waals surface area contributed by atoms with E-state index in [-0.39, 0.29) is 16.2 Å². The van der Waals surface area contributed by atoms with Gasteiger partial charge in [-0.25, -0.2) is 15.0 Å². The van der Waals surface area contributed by atoms with Crippen molar-refractivity contribution in [3.05, 3.63) is 18.3 Å². The molecule has 6 nitrogen and oxygen atoms in total. The highest BCUT2D eigenvalue weighted by Gasteiger charge is 2.57. The molecular formula is C12H13BrN4O2. The van der Waals surface area contributed by atoms with E-state index in [1.54, 1.807) is 12.5 Å². The standard InChI is InChI=1S/C12H13BrN4O2/c1-2-19-11(18)7-3-12(7,13)4-9-14-5-8-10(17-9)16-6-15-8/h5-7H,2-4H2,1H3,(H,14,15,16,17). The molecule has 0 bridgehead atoms. The smallest absolute Gasteiger partial charge is 0.310 e. The average Bonchev–Trinajstić information content (AvgIpc) is 2.84. The second-order valence-corrected chi connectivity index (χ2v) is 6.23. The second kappa shape index (κ2) is 4.56. The third kappa shape index (κ3) is 2.34. The van der Waals surface area contributed by atoms with Gasteiger partial charge in [-0.2, -0.15) is 0 Å². The summed E-state index contributed by atoms with van der Waals surface area (Å²) in [7, 11) is 0. The fraction of sp³-hybridized carbons (Fsp3) is 0.500. The van der Waals surface area contributed by atoms with E-state index in [1.165, 1.54) is 0 Å². The van der Waals surface area contributed by atoms with Crippen LogP contribution in [0.2, 0.25) is 0 Å². The van der Waals surface area contributed by atoms with Crippen molar-refractivity contribution in [2.45, 2.75) is 24.1 Å². The number of esters is 1. The number of carbonyl (C=O) groups excluding carboxylic acids is 1. The summed E-state index contributed by atoms with van der Waals surface area (Å²) in [5.74, 6) is 0.425. The number of alkyl halides is 1. The quantitative estimate of drug-likeness (QED) is 0.682. The number of hydrogen-bond donors (Lipinski definition) is 1. The van der Waals surface area contributed by atoms with Crippen LogP contribution in [0, 0.1) is 5.92 Å². The van der Waals surface area contributed by atoms with Gasteiger partial charge in [0.1, 0.15) is 11.3 Å². The minimum Gasteiger partial charge on any atom is -0.466 e. The average molecular weight is 325 g/mol. The van der Waals surface area contributed by atoms with E-state index in [0.29, 0.717) is 24.5 Å². The van der Waals surface area contributed by atoms with E-state index in [1.807, 2.05) is 6.92 Å². The van der Waals surface area contributed by atoms with Gasteiger partial charge < -0.3 is 9.72 Å². The zero-order valence-electron chi connectivity index (χ0n) is 10.4. The van der Waals surface area contributed by atoms with Crippen LogP contribution in [0.4, 0.5) is 0 Å². The van der Waals surface area contributed by atoms with Crippen molar-refractivity contribution in [2.75, 3.05) is 6.61 Å². The Morgan fingerprint density at radius 2 is 2.47 bits per heavy atom. The predicted molar refractivity (Wildman–Crippen MR) is 71.8 cm³/mol. The molecule has 1 fully saturated rings. The number of aromatic amines is 1. The summed E-state index contributed by atoms with van der Waals surface area (Å²) in [6.45, 7) is 2.22. The predicted octanol–water partition coefficient (Wildman–Crippen LogP) is 1.61. The topological polar surface area (TPSA) is 80.8 Å². The van der Waals surface area contributed by atoms with Gasteiger partial charge in [0.05, 0.1) is 25.0 Å². The maximum absolute atomic E-state index is 11.7. The van der Waals surface area contributed by atoms with Gasteiger partial charge in [0.25, 0.3) is 0 Å². The lowest BCUT2D eigenvalue weighted by Crippen LogP contribution is -2.17. The van der Waals surface area contributed by atoms with Gasteiger partial charge >= 0.3 is 5.97 Å². The fourth-order valence-corrected chi connectivity index (χ4v) is 2.89. The van der Waals surface area contributed by atoms with Gasteiger partial charge in [0, 0.05) is 10.7 Å². The first-order chi connectivity index (χ1) is 9.12. The Bertz CT molecular complexity index is 629. The highest BCUT2D eigenvalue weighted by Crippen LogP contribution is 2.53. The van der Waals surface area contributed by atoms with E-state index in [2.05, 4.69) is 35.9 Å². The van der Waals surface area contributed by atoms with E-state index >= 15 is 0 Å². The first-order valence-electron chi connectivity index (χ1n) is 6.13. The van der Waals surface area contributed by atoms with Crippen molar-refractivity contribution in [1.82, 2.24) is 19.9 Å². The second-order valence-electron chi connectivity index (χ2n) is 4.65. The Labute approximate surface area is 118 Å². The molecule has 7 heteroatoms. The van der Waals surface area contributed by atoms with Crippen LogP contribution < -0.4 is 0 Å². The Balaban J connectivity index is 1.73. The minimum atomic E-state index is -0.261. The number of nitrogens with one attached hydrogen (secondary N) is 1. The summed E-state index contributed by atoms with van der Waals surface area (Å²) in [5.41, 5.74) is 1.46. The van der Waals surface area contributed by atoms with Gasteiger partial charge in [0.15, 0.2) is 5.65 Å². The summed E-state index contributed by atoms with van der Waals surface area (Å²) in [6, 6.07) is 0. The van der Waals surface area contributed by atoms with E-state index in [0.717, 1.165) is 11.9 Å². The van der Waals surface area contributed by atoms with Crippen molar-refractivity contribution >= 4 is 33.1 Å². The molecule has 1 saturated carbocycles. The van der Waals surface area contributed by atoms with E-state index in [9.17, 15) is 4.79 Å². The van der Waals surface area contributed by atoms with Gasteiger partial charge in [0.2, 0.25) is 0 Å². The molecule has 19 heavy (non-hydrogen) atoms. The summed E-state index contributed by atoms with van der Waals surface area (Å²) < 4.78 is 4.77. The van der Waals surface area contributed by atoms with Crippen LogP contribution in [-0.4, -0.2) is 36.8 Å². The zero-order valence-corrected chi connectivity index (χ0v) is 12.0. The summed E-state index contributed by atoms with van der Waals surface area (Å²) in [5, 5.41) is 0. The van der Waals surface area contributed by atoms with Gasteiger partial charge in [-0.05, 0) is 13.3 Å². The lowest BCUT2D eigenvalue weighted by atomic mass is 10.2. The summed E-state index contributed by atoms with van der Waals surface area (Å²) in [4.78, 5) is 27.4. The normalized spacial score (nSPS) is 25.5. The number of carbonyl (C=O) groups is 1. The zero-order chi connectivity index (χ0) is 13.5. The molecule has 0 aromatic carbocycles. The number of aromatic nitrogens is 4. The van der Waals surface area contributed by atoms with Crippen molar-refractivity contribution in [1.29, 1.82) is 0 Å². The first kappa shape index (κ1) is 12.5. The molecule has 0 spiro atoms. The van der Waals surface area contributed by atoms with Crippen LogP contribution in [-0.2, 0) is 16.0 Å². The van der Waals surface area contributed by atoms with Crippen molar-refractivity contribution in [3.8, 4) is 0 Å². The molecule has 2 heterocycles. The van der Waals surface area contributed by atoms with Crippen LogP contribution in [0.5, 0.6) is 0 Å². The molecule has 2 aromatic heterocycles. The molecule has 100 valence electrons. The maximum Gasteiger partial charge on any atom is 0.310 e.